The third-order valence-corrected chi connectivity index (χ3v) is 7.67. The zero-order valence-electron chi connectivity index (χ0n) is 17.0. The molecule has 5 rings (SSSR count). The van der Waals surface area contributed by atoms with Crippen molar-refractivity contribution in [2.45, 2.75) is 17.9 Å². The number of benzene rings is 1. The summed E-state index contributed by atoms with van der Waals surface area (Å²) in [6.45, 7) is 2.89. The highest BCUT2D eigenvalue weighted by molar-refractivity contribution is 7.89. The molecule has 0 spiro atoms. The number of aromatic nitrogens is 3. The molecule has 9 heteroatoms. The Morgan fingerprint density at radius 2 is 2.03 bits per heavy atom. The van der Waals surface area contributed by atoms with Crippen molar-refractivity contribution in [3.63, 3.8) is 0 Å². The molecule has 0 N–H and O–H groups in total. The van der Waals surface area contributed by atoms with Gasteiger partial charge in [-0.2, -0.15) is 9.29 Å². The van der Waals surface area contributed by atoms with Gasteiger partial charge in [0.15, 0.2) is 0 Å². The normalized spacial score (nSPS) is 22.9. The maximum atomic E-state index is 13.5. The van der Waals surface area contributed by atoms with Crippen molar-refractivity contribution >= 4 is 10.0 Å². The van der Waals surface area contributed by atoms with Crippen LogP contribution in [0.15, 0.2) is 66.0 Å². The van der Waals surface area contributed by atoms with Crippen LogP contribution < -0.4 is 9.47 Å². The first-order valence-corrected chi connectivity index (χ1v) is 11.5. The zero-order valence-corrected chi connectivity index (χ0v) is 17.8. The molecular weight excluding hydrogens is 416 g/mol. The zero-order chi connectivity index (χ0) is 21.4. The second-order valence-electron chi connectivity index (χ2n) is 7.73. The molecule has 4 heterocycles. The van der Waals surface area contributed by atoms with E-state index in [4.69, 9.17) is 9.47 Å². The molecular formula is C22H22N4O4S. The highest BCUT2D eigenvalue weighted by atomic mass is 32.2. The van der Waals surface area contributed by atoms with Crippen LogP contribution in [0.2, 0.25) is 0 Å². The van der Waals surface area contributed by atoms with Crippen LogP contribution >= 0.6 is 0 Å². The monoisotopic (exact) mass is 438 g/mol. The Morgan fingerprint density at radius 1 is 1.16 bits per heavy atom. The average Bonchev–Trinajstić information content (AvgIpc) is 3.18. The quantitative estimate of drug-likeness (QED) is 0.604. The van der Waals surface area contributed by atoms with Crippen LogP contribution in [0.4, 0.5) is 0 Å². The van der Waals surface area contributed by atoms with Gasteiger partial charge in [0.05, 0.1) is 19.3 Å². The van der Waals surface area contributed by atoms with Crippen molar-refractivity contribution in [1.29, 1.82) is 0 Å². The number of sulfonamides is 1. The standard InChI is InChI=1S/C22H22N4O4S/c1-15-24-10-8-21(25-15)30-13-16-12-26(31(27,28)17-5-4-9-23-11-17)22-18-6-2-3-7-20(18)29-14-19(16)22/h2-11,16,19,22H,12-14H2,1H3/t16-,19-,22-/m0/s1. The van der Waals surface area contributed by atoms with Gasteiger partial charge in [-0.3, -0.25) is 4.98 Å². The Morgan fingerprint density at radius 3 is 2.84 bits per heavy atom. The molecule has 3 aromatic rings. The third-order valence-electron chi connectivity index (χ3n) is 5.84. The number of nitrogens with zero attached hydrogens (tertiary/aromatic N) is 4. The van der Waals surface area contributed by atoms with Gasteiger partial charge in [0.1, 0.15) is 16.5 Å². The summed E-state index contributed by atoms with van der Waals surface area (Å²) >= 11 is 0. The van der Waals surface area contributed by atoms with Crippen molar-refractivity contribution in [3.05, 3.63) is 72.4 Å². The molecule has 1 fully saturated rings. The Labute approximate surface area is 180 Å². The summed E-state index contributed by atoms with van der Waals surface area (Å²) in [5.41, 5.74) is 0.881. The van der Waals surface area contributed by atoms with Gasteiger partial charge in [0.2, 0.25) is 15.9 Å². The number of aryl methyl sites for hydroxylation is 1. The fourth-order valence-corrected chi connectivity index (χ4v) is 6.05. The highest BCUT2D eigenvalue weighted by Gasteiger charge is 2.51. The molecule has 3 atom stereocenters. The van der Waals surface area contributed by atoms with Gasteiger partial charge in [-0.25, -0.2) is 13.4 Å². The van der Waals surface area contributed by atoms with Crippen molar-refractivity contribution in [2.24, 2.45) is 11.8 Å². The molecule has 1 saturated heterocycles. The van der Waals surface area contributed by atoms with Crippen molar-refractivity contribution < 1.29 is 17.9 Å². The number of para-hydroxylation sites is 1. The Bertz CT molecular complexity index is 1190. The minimum atomic E-state index is -3.74. The lowest BCUT2D eigenvalue weighted by molar-refractivity contribution is 0.134. The second-order valence-corrected chi connectivity index (χ2v) is 9.62. The number of hydrogen-bond acceptors (Lipinski definition) is 7. The van der Waals surface area contributed by atoms with Gasteiger partial charge in [0, 0.05) is 48.6 Å². The number of pyridine rings is 1. The lowest BCUT2D eigenvalue weighted by Crippen LogP contribution is -2.35. The minimum absolute atomic E-state index is 0.0377. The summed E-state index contributed by atoms with van der Waals surface area (Å²) < 4.78 is 40.6. The van der Waals surface area contributed by atoms with E-state index >= 15 is 0 Å². The van der Waals surface area contributed by atoms with Gasteiger partial charge in [-0.1, -0.05) is 18.2 Å². The molecule has 0 saturated carbocycles. The van der Waals surface area contributed by atoms with E-state index in [2.05, 4.69) is 15.0 Å². The molecule has 8 nitrogen and oxygen atoms in total. The molecule has 0 bridgehead atoms. The smallest absolute Gasteiger partial charge is 0.245 e. The molecule has 1 aromatic carbocycles. The van der Waals surface area contributed by atoms with E-state index in [1.54, 1.807) is 41.8 Å². The summed E-state index contributed by atoms with van der Waals surface area (Å²) in [5.74, 6) is 1.74. The summed E-state index contributed by atoms with van der Waals surface area (Å²) in [6, 6.07) is 12.2. The van der Waals surface area contributed by atoms with Crippen molar-refractivity contribution in [2.75, 3.05) is 19.8 Å². The van der Waals surface area contributed by atoms with E-state index < -0.39 is 10.0 Å². The maximum absolute atomic E-state index is 13.5. The van der Waals surface area contributed by atoms with Crippen molar-refractivity contribution in [3.8, 4) is 11.6 Å². The van der Waals surface area contributed by atoms with E-state index in [1.165, 1.54) is 6.20 Å². The van der Waals surface area contributed by atoms with E-state index in [-0.39, 0.29) is 22.8 Å². The largest absolute Gasteiger partial charge is 0.493 e. The van der Waals surface area contributed by atoms with Crippen LogP contribution in [0.25, 0.3) is 0 Å². The fourth-order valence-electron chi connectivity index (χ4n) is 4.37. The lowest BCUT2D eigenvalue weighted by Gasteiger charge is -2.33. The van der Waals surface area contributed by atoms with Crippen molar-refractivity contribution in [1.82, 2.24) is 19.3 Å². The molecule has 2 aliphatic heterocycles. The Balaban J connectivity index is 1.49. The molecule has 0 amide bonds. The summed E-state index contributed by atoms with van der Waals surface area (Å²) in [7, 11) is -3.74. The fraction of sp³-hybridized carbons (Fsp3) is 0.318. The second kappa shape index (κ2) is 7.90. The predicted molar refractivity (Wildman–Crippen MR) is 112 cm³/mol. The highest BCUT2D eigenvalue weighted by Crippen LogP contribution is 2.49. The molecule has 2 aromatic heterocycles. The Hall–Kier alpha value is -3.04. The molecule has 0 aliphatic carbocycles. The number of fused-ring (bicyclic) bond motifs is 3. The van der Waals surface area contributed by atoms with Crippen LogP contribution in [0.3, 0.4) is 0 Å². The summed E-state index contributed by atoms with van der Waals surface area (Å²) in [4.78, 5) is 12.6. The van der Waals surface area contributed by atoms with Crippen LogP contribution in [0.5, 0.6) is 11.6 Å². The first-order chi connectivity index (χ1) is 15.0. The first kappa shape index (κ1) is 19.9. The van der Waals surface area contributed by atoms with Gasteiger partial charge in [-0.15, -0.1) is 0 Å². The van der Waals surface area contributed by atoms with Gasteiger partial charge < -0.3 is 9.47 Å². The van der Waals surface area contributed by atoms with Gasteiger partial charge in [0.25, 0.3) is 0 Å². The van der Waals surface area contributed by atoms with E-state index in [1.807, 2.05) is 24.3 Å². The SMILES string of the molecule is Cc1nccc(OC[C@@H]2CN(S(=O)(=O)c3cccnc3)[C@H]3c4ccccc4OC[C@@H]23)n1. The molecule has 0 radical (unpaired) electrons. The third kappa shape index (κ3) is 3.64. The minimum Gasteiger partial charge on any atom is -0.493 e. The molecule has 0 unspecified atom stereocenters. The molecule has 31 heavy (non-hydrogen) atoms. The van der Waals surface area contributed by atoms with E-state index in [9.17, 15) is 8.42 Å². The molecule has 160 valence electrons. The Kier molecular flexibility index (Phi) is 5.07. The average molecular weight is 439 g/mol. The van der Waals surface area contributed by atoms with Crippen LogP contribution in [0, 0.1) is 18.8 Å². The topological polar surface area (TPSA) is 94.5 Å². The summed E-state index contributed by atoms with van der Waals surface area (Å²) in [6.07, 6.45) is 4.60. The number of rotatable bonds is 5. The maximum Gasteiger partial charge on any atom is 0.245 e. The number of hydrogen-bond donors (Lipinski definition) is 0. The first-order valence-electron chi connectivity index (χ1n) is 10.1. The number of ether oxygens (including phenoxy) is 2. The van der Waals surface area contributed by atoms with E-state index in [0.29, 0.717) is 31.5 Å². The van der Waals surface area contributed by atoms with Crippen LogP contribution in [-0.2, 0) is 10.0 Å². The van der Waals surface area contributed by atoms with Crippen LogP contribution in [-0.4, -0.2) is 47.4 Å². The van der Waals surface area contributed by atoms with Gasteiger partial charge >= 0.3 is 0 Å². The van der Waals surface area contributed by atoms with E-state index in [0.717, 1.165) is 11.3 Å². The predicted octanol–water partition coefficient (Wildman–Crippen LogP) is 2.63. The van der Waals surface area contributed by atoms with Crippen LogP contribution in [0.1, 0.15) is 17.4 Å². The van der Waals surface area contributed by atoms with Gasteiger partial charge in [-0.05, 0) is 25.1 Å². The molecule has 2 aliphatic rings. The lowest BCUT2D eigenvalue weighted by atomic mass is 9.86. The summed E-state index contributed by atoms with van der Waals surface area (Å²) in [5, 5.41) is 0.